The molecular weight excluding hydrogens is 283 g/mol. The van der Waals surface area contributed by atoms with E-state index in [2.05, 4.69) is 40.1 Å². The van der Waals surface area contributed by atoms with Crippen LogP contribution in [-0.2, 0) is 4.65 Å². The third-order valence-electron chi connectivity index (χ3n) is 6.37. The minimum Gasteiger partial charge on any atom is -0.440 e. The van der Waals surface area contributed by atoms with Gasteiger partial charge in [-0.05, 0) is 43.5 Å². The van der Waals surface area contributed by atoms with E-state index in [9.17, 15) is 0 Å². The van der Waals surface area contributed by atoms with Crippen molar-refractivity contribution >= 4 is 7.48 Å². The van der Waals surface area contributed by atoms with E-state index < -0.39 is 0 Å². The highest BCUT2D eigenvalue weighted by atomic mass is 16.4. The Morgan fingerprint density at radius 1 is 1.09 bits per heavy atom. The fraction of sp³-hybridized carbons (Fsp3) is 1.00. The lowest BCUT2D eigenvalue weighted by atomic mass is 9.64. The van der Waals surface area contributed by atoms with E-state index in [4.69, 9.17) is 10.4 Å². The fourth-order valence-corrected chi connectivity index (χ4v) is 4.60. The van der Waals surface area contributed by atoms with E-state index in [1.807, 2.05) is 0 Å². The third-order valence-corrected chi connectivity index (χ3v) is 6.37. The molecule has 6 atom stereocenters. The summed E-state index contributed by atoms with van der Waals surface area (Å²) in [5.41, 5.74) is 6.78. The van der Waals surface area contributed by atoms with Gasteiger partial charge in [-0.3, -0.25) is 4.90 Å². The standard InChI is InChI=1S/C19H38BN2O/c1-5-22-16(4)15(3)13-23-20-18(19(22)21)17-11-9-7-6-8-10-14(2)12-17/h14-19H,5-13,21H2,1-4H3. The lowest BCUT2D eigenvalue weighted by Crippen LogP contribution is -2.56. The van der Waals surface area contributed by atoms with Gasteiger partial charge in [0.2, 0.25) is 0 Å². The van der Waals surface area contributed by atoms with Crippen LogP contribution in [0.4, 0.5) is 0 Å². The summed E-state index contributed by atoms with van der Waals surface area (Å²) in [4.78, 5) is 2.51. The molecule has 2 N–H and O–H groups in total. The summed E-state index contributed by atoms with van der Waals surface area (Å²) >= 11 is 0. The van der Waals surface area contributed by atoms with E-state index >= 15 is 0 Å². The number of rotatable bonds is 2. The summed E-state index contributed by atoms with van der Waals surface area (Å²) in [5, 5.41) is 0. The van der Waals surface area contributed by atoms with Crippen LogP contribution in [0.5, 0.6) is 0 Å². The first-order valence-corrected chi connectivity index (χ1v) is 10.0. The minimum atomic E-state index is 0.0932. The molecule has 23 heavy (non-hydrogen) atoms. The second-order valence-corrected chi connectivity index (χ2v) is 8.18. The molecule has 1 aliphatic carbocycles. The van der Waals surface area contributed by atoms with E-state index in [-0.39, 0.29) is 6.17 Å². The maximum Gasteiger partial charge on any atom is 0.299 e. The van der Waals surface area contributed by atoms with Crippen molar-refractivity contribution in [2.75, 3.05) is 13.2 Å². The van der Waals surface area contributed by atoms with E-state index in [0.717, 1.165) is 19.1 Å². The lowest BCUT2D eigenvalue weighted by Gasteiger charge is -2.44. The average Bonchev–Trinajstić information content (AvgIpc) is 2.62. The molecule has 4 heteroatoms. The van der Waals surface area contributed by atoms with Crippen LogP contribution in [-0.4, -0.2) is 37.7 Å². The SMILES string of the molecule is CCN1C(C)C(C)CO[B]C(C2CCCCCCC(C)C2)C1N. The van der Waals surface area contributed by atoms with Crippen LogP contribution in [0.15, 0.2) is 0 Å². The van der Waals surface area contributed by atoms with Crippen LogP contribution in [0.1, 0.15) is 72.6 Å². The number of nitrogens with two attached hydrogens (primary N) is 1. The molecule has 2 fully saturated rings. The second-order valence-electron chi connectivity index (χ2n) is 8.18. The molecule has 1 radical (unpaired) electrons. The molecule has 1 heterocycles. The van der Waals surface area contributed by atoms with Gasteiger partial charge >= 0.3 is 0 Å². The van der Waals surface area contributed by atoms with Gasteiger partial charge in [-0.15, -0.1) is 0 Å². The fourth-order valence-electron chi connectivity index (χ4n) is 4.60. The molecule has 0 spiro atoms. The van der Waals surface area contributed by atoms with Gasteiger partial charge in [-0.2, -0.15) is 0 Å². The highest BCUT2D eigenvalue weighted by Crippen LogP contribution is 2.37. The normalized spacial score (nSPS) is 41.8. The van der Waals surface area contributed by atoms with Crippen molar-refractivity contribution in [1.82, 2.24) is 4.90 Å². The zero-order valence-electron chi connectivity index (χ0n) is 15.8. The van der Waals surface area contributed by atoms with Gasteiger partial charge in [-0.1, -0.05) is 59.3 Å². The molecule has 0 aromatic carbocycles. The van der Waals surface area contributed by atoms with E-state index in [1.165, 1.54) is 44.9 Å². The molecule has 2 rings (SSSR count). The molecule has 1 aliphatic heterocycles. The summed E-state index contributed by atoms with van der Waals surface area (Å²) in [5.74, 6) is 2.38. The van der Waals surface area contributed by atoms with Crippen molar-refractivity contribution in [2.24, 2.45) is 23.5 Å². The van der Waals surface area contributed by atoms with E-state index in [1.54, 1.807) is 0 Å². The maximum absolute atomic E-state index is 6.78. The summed E-state index contributed by atoms with van der Waals surface area (Å²) < 4.78 is 5.99. The largest absolute Gasteiger partial charge is 0.440 e. The third kappa shape index (κ3) is 5.21. The van der Waals surface area contributed by atoms with Crippen molar-refractivity contribution < 1.29 is 4.65 Å². The first-order chi connectivity index (χ1) is 11.0. The Hall–Kier alpha value is -0.0551. The second kappa shape index (κ2) is 9.43. The molecule has 6 unspecified atom stereocenters. The van der Waals surface area contributed by atoms with Crippen molar-refractivity contribution in [1.29, 1.82) is 0 Å². The Balaban J connectivity index is 2.12. The number of hydrogen-bond donors (Lipinski definition) is 1. The van der Waals surface area contributed by atoms with Gasteiger partial charge in [0, 0.05) is 12.6 Å². The Labute approximate surface area is 145 Å². The molecule has 2 aliphatic rings. The van der Waals surface area contributed by atoms with Gasteiger partial charge in [-0.25, -0.2) is 0 Å². The van der Waals surface area contributed by atoms with Crippen molar-refractivity contribution in [3.63, 3.8) is 0 Å². The summed E-state index contributed by atoms with van der Waals surface area (Å²) in [6, 6.07) is 0.486. The zero-order chi connectivity index (χ0) is 16.8. The molecule has 0 amide bonds. The molecule has 0 aromatic heterocycles. The van der Waals surface area contributed by atoms with Crippen LogP contribution >= 0.6 is 0 Å². The lowest BCUT2D eigenvalue weighted by molar-refractivity contribution is 0.0571. The monoisotopic (exact) mass is 321 g/mol. The topological polar surface area (TPSA) is 38.5 Å². The summed E-state index contributed by atoms with van der Waals surface area (Å²) in [6.07, 6.45) is 9.64. The van der Waals surface area contributed by atoms with E-state index in [0.29, 0.717) is 23.7 Å². The van der Waals surface area contributed by atoms with Crippen LogP contribution < -0.4 is 5.73 Å². The molecule has 3 nitrogen and oxygen atoms in total. The van der Waals surface area contributed by atoms with Crippen molar-refractivity contribution in [2.45, 2.75) is 90.7 Å². The summed E-state index contributed by atoms with van der Waals surface area (Å²) in [7, 11) is 2.12. The summed E-state index contributed by atoms with van der Waals surface area (Å²) in [6.45, 7) is 11.1. The molecule has 0 bridgehead atoms. The smallest absolute Gasteiger partial charge is 0.299 e. The molecule has 1 saturated heterocycles. The Bertz CT molecular complexity index is 341. The highest BCUT2D eigenvalue weighted by molar-refractivity contribution is 6.30. The maximum atomic E-state index is 6.78. The highest BCUT2D eigenvalue weighted by Gasteiger charge is 2.37. The first kappa shape index (κ1) is 19.3. The molecular formula is C19H38BN2O. The Morgan fingerprint density at radius 2 is 1.78 bits per heavy atom. The van der Waals surface area contributed by atoms with Crippen molar-refractivity contribution in [3.05, 3.63) is 0 Å². The predicted octanol–water partition coefficient (Wildman–Crippen LogP) is 4.05. The van der Waals surface area contributed by atoms with Gasteiger partial charge in [0.1, 0.15) is 0 Å². The van der Waals surface area contributed by atoms with Crippen LogP contribution in [0, 0.1) is 17.8 Å². The van der Waals surface area contributed by atoms with Crippen LogP contribution in [0.25, 0.3) is 0 Å². The average molecular weight is 321 g/mol. The minimum absolute atomic E-state index is 0.0932. The van der Waals surface area contributed by atoms with Crippen molar-refractivity contribution in [3.8, 4) is 0 Å². The van der Waals surface area contributed by atoms with Gasteiger partial charge in [0.05, 0.1) is 6.17 Å². The molecule has 133 valence electrons. The first-order valence-electron chi connectivity index (χ1n) is 10.0. The predicted molar refractivity (Wildman–Crippen MR) is 99.4 cm³/mol. The quantitative estimate of drug-likeness (QED) is 0.780. The van der Waals surface area contributed by atoms with Gasteiger partial charge in [0.25, 0.3) is 7.48 Å². The Kier molecular flexibility index (Phi) is 7.90. The Morgan fingerprint density at radius 3 is 2.48 bits per heavy atom. The van der Waals surface area contributed by atoms with Crippen LogP contribution in [0.3, 0.4) is 0 Å². The van der Waals surface area contributed by atoms with Gasteiger partial charge in [0.15, 0.2) is 0 Å². The van der Waals surface area contributed by atoms with Gasteiger partial charge < -0.3 is 10.4 Å². The van der Waals surface area contributed by atoms with Crippen LogP contribution in [0.2, 0.25) is 5.82 Å². The molecule has 1 saturated carbocycles. The molecule has 0 aromatic rings. The number of nitrogens with zero attached hydrogens (tertiary/aromatic N) is 1. The number of hydrogen-bond acceptors (Lipinski definition) is 3. The zero-order valence-corrected chi connectivity index (χ0v) is 15.8.